The molecule has 0 saturated heterocycles. The van der Waals surface area contributed by atoms with Crippen molar-refractivity contribution in [1.29, 1.82) is 0 Å². The lowest BCUT2D eigenvalue weighted by molar-refractivity contribution is 0.181. The zero-order valence-corrected chi connectivity index (χ0v) is 12.0. The lowest BCUT2D eigenvalue weighted by Crippen LogP contribution is -2.39. The summed E-state index contributed by atoms with van der Waals surface area (Å²) in [6.07, 6.45) is 15.1. The molecule has 0 radical (unpaired) electrons. The Balaban J connectivity index is 1.95. The third kappa shape index (κ3) is 3.58. The molecule has 0 amide bonds. The van der Waals surface area contributed by atoms with Crippen molar-refractivity contribution in [2.75, 3.05) is 26.8 Å². The molecule has 104 valence electrons. The predicted octanol–water partition coefficient (Wildman–Crippen LogP) is 3.67. The summed E-state index contributed by atoms with van der Waals surface area (Å²) in [5.74, 6) is 0. The standard InChI is InChI=1S/C16H29NO/c1-18-13-12-17-14-16(10-6-3-7-11-16)15-8-4-2-5-9-15/h8,17H,2-7,9-14H2,1H3. The molecule has 2 aliphatic carbocycles. The fourth-order valence-corrected chi connectivity index (χ4v) is 3.66. The van der Waals surface area contributed by atoms with E-state index in [-0.39, 0.29) is 0 Å². The zero-order chi connectivity index (χ0) is 12.7. The Hall–Kier alpha value is -0.340. The van der Waals surface area contributed by atoms with Crippen LogP contribution >= 0.6 is 0 Å². The van der Waals surface area contributed by atoms with Crippen LogP contribution in [0.5, 0.6) is 0 Å². The van der Waals surface area contributed by atoms with Gasteiger partial charge in [-0.15, -0.1) is 0 Å². The van der Waals surface area contributed by atoms with E-state index in [1.165, 1.54) is 64.3 Å². The Morgan fingerprint density at radius 1 is 1.17 bits per heavy atom. The number of nitrogens with one attached hydrogen (secondary N) is 1. The Morgan fingerprint density at radius 3 is 2.67 bits per heavy atom. The average Bonchev–Trinajstić information content (AvgIpc) is 2.46. The molecule has 2 nitrogen and oxygen atoms in total. The van der Waals surface area contributed by atoms with E-state index in [0.717, 1.165) is 13.2 Å². The van der Waals surface area contributed by atoms with Crippen LogP contribution in [0.15, 0.2) is 11.6 Å². The first-order chi connectivity index (χ1) is 8.87. The SMILES string of the molecule is COCCNCC1(C2=CCCCC2)CCCCC1. The van der Waals surface area contributed by atoms with Gasteiger partial charge >= 0.3 is 0 Å². The van der Waals surface area contributed by atoms with Crippen LogP contribution in [0.1, 0.15) is 57.8 Å². The van der Waals surface area contributed by atoms with Crippen molar-refractivity contribution in [2.45, 2.75) is 57.8 Å². The minimum Gasteiger partial charge on any atom is -0.383 e. The first-order valence-electron chi connectivity index (χ1n) is 7.77. The maximum atomic E-state index is 5.13. The van der Waals surface area contributed by atoms with Crippen molar-refractivity contribution in [3.63, 3.8) is 0 Å². The maximum absolute atomic E-state index is 5.13. The molecule has 2 aliphatic rings. The normalized spacial score (nSPS) is 23.7. The van der Waals surface area contributed by atoms with Gasteiger partial charge in [-0.05, 0) is 38.5 Å². The van der Waals surface area contributed by atoms with Crippen LogP contribution < -0.4 is 5.32 Å². The number of rotatable bonds is 6. The first kappa shape index (κ1) is 14.1. The van der Waals surface area contributed by atoms with Gasteiger partial charge in [0.15, 0.2) is 0 Å². The van der Waals surface area contributed by atoms with Crippen molar-refractivity contribution < 1.29 is 4.74 Å². The number of methoxy groups -OCH3 is 1. The topological polar surface area (TPSA) is 21.3 Å². The van der Waals surface area contributed by atoms with Crippen molar-refractivity contribution in [3.05, 3.63) is 11.6 Å². The summed E-state index contributed by atoms with van der Waals surface area (Å²) in [4.78, 5) is 0. The summed E-state index contributed by atoms with van der Waals surface area (Å²) in [7, 11) is 1.78. The van der Waals surface area contributed by atoms with Gasteiger partial charge in [0, 0.05) is 25.6 Å². The Labute approximate surface area is 112 Å². The predicted molar refractivity (Wildman–Crippen MR) is 76.8 cm³/mol. The fourth-order valence-electron chi connectivity index (χ4n) is 3.66. The van der Waals surface area contributed by atoms with Gasteiger partial charge in [0.25, 0.3) is 0 Å². The second kappa shape index (κ2) is 7.30. The second-order valence-corrected chi connectivity index (χ2v) is 5.99. The summed E-state index contributed by atoms with van der Waals surface area (Å²) < 4.78 is 5.13. The highest BCUT2D eigenvalue weighted by molar-refractivity contribution is 5.18. The van der Waals surface area contributed by atoms with Gasteiger partial charge in [0.05, 0.1) is 6.61 Å². The lowest BCUT2D eigenvalue weighted by Gasteiger charge is -2.41. The molecule has 0 aromatic heterocycles. The van der Waals surface area contributed by atoms with Gasteiger partial charge in [-0.25, -0.2) is 0 Å². The summed E-state index contributed by atoms with van der Waals surface area (Å²) in [5.41, 5.74) is 2.27. The number of ether oxygens (including phenoxy) is 1. The quantitative estimate of drug-likeness (QED) is 0.574. The molecule has 2 heteroatoms. The van der Waals surface area contributed by atoms with E-state index in [4.69, 9.17) is 4.74 Å². The van der Waals surface area contributed by atoms with Crippen molar-refractivity contribution in [2.24, 2.45) is 5.41 Å². The third-order valence-electron chi connectivity index (χ3n) is 4.73. The summed E-state index contributed by atoms with van der Waals surface area (Å²) in [6, 6.07) is 0. The Bertz CT molecular complexity index is 266. The van der Waals surface area contributed by atoms with Gasteiger partial charge in [-0.1, -0.05) is 30.9 Å². The molecule has 0 bridgehead atoms. The number of allylic oxidation sites excluding steroid dienone is 1. The molecule has 1 fully saturated rings. The van der Waals surface area contributed by atoms with Gasteiger partial charge in [0.1, 0.15) is 0 Å². The Morgan fingerprint density at radius 2 is 2.00 bits per heavy atom. The number of hydrogen-bond acceptors (Lipinski definition) is 2. The van der Waals surface area contributed by atoms with Crippen LogP contribution in [-0.4, -0.2) is 26.8 Å². The number of hydrogen-bond donors (Lipinski definition) is 1. The van der Waals surface area contributed by atoms with Crippen molar-refractivity contribution in [3.8, 4) is 0 Å². The molecule has 0 aromatic rings. The molecule has 0 atom stereocenters. The van der Waals surface area contributed by atoms with Crippen LogP contribution in [0.25, 0.3) is 0 Å². The smallest absolute Gasteiger partial charge is 0.0587 e. The van der Waals surface area contributed by atoms with Crippen molar-refractivity contribution in [1.82, 2.24) is 5.32 Å². The zero-order valence-electron chi connectivity index (χ0n) is 12.0. The second-order valence-electron chi connectivity index (χ2n) is 5.99. The molecule has 0 heterocycles. The molecule has 18 heavy (non-hydrogen) atoms. The van der Waals surface area contributed by atoms with Crippen LogP contribution in [0.3, 0.4) is 0 Å². The van der Waals surface area contributed by atoms with E-state index in [9.17, 15) is 0 Å². The molecule has 1 N–H and O–H groups in total. The van der Waals surface area contributed by atoms with E-state index < -0.39 is 0 Å². The maximum Gasteiger partial charge on any atom is 0.0587 e. The van der Waals surface area contributed by atoms with Crippen LogP contribution in [0.4, 0.5) is 0 Å². The fraction of sp³-hybridized carbons (Fsp3) is 0.875. The van der Waals surface area contributed by atoms with Crippen molar-refractivity contribution >= 4 is 0 Å². The Kier molecular flexibility index (Phi) is 5.71. The monoisotopic (exact) mass is 251 g/mol. The van der Waals surface area contributed by atoms with Crippen LogP contribution in [0.2, 0.25) is 0 Å². The molecule has 0 aromatic carbocycles. The van der Waals surface area contributed by atoms with Gasteiger partial charge < -0.3 is 10.1 Å². The van der Waals surface area contributed by atoms with E-state index in [0.29, 0.717) is 5.41 Å². The summed E-state index contributed by atoms with van der Waals surface area (Å²) in [6.45, 7) is 2.99. The summed E-state index contributed by atoms with van der Waals surface area (Å²) in [5, 5.41) is 3.63. The average molecular weight is 251 g/mol. The van der Waals surface area contributed by atoms with Gasteiger partial charge in [-0.2, -0.15) is 0 Å². The molecular formula is C16H29NO. The van der Waals surface area contributed by atoms with E-state index >= 15 is 0 Å². The highest BCUT2D eigenvalue weighted by Gasteiger charge is 2.35. The van der Waals surface area contributed by atoms with Gasteiger partial charge in [-0.3, -0.25) is 0 Å². The first-order valence-corrected chi connectivity index (χ1v) is 7.77. The highest BCUT2D eigenvalue weighted by atomic mass is 16.5. The van der Waals surface area contributed by atoms with Gasteiger partial charge in [0.2, 0.25) is 0 Å². The molecule has 1 saturated carbocycles. The molecule has 0 spiro atoms. The molecular weight excluding hydrogens is 222 g/mol. The minimum absolute atomic E-state index is 0.492. The van der Waals surface area contributed by atoms with E-state index in [2.05, 4.69) is 11.4 Å². The highest BCUT2D eigenvalue weighted by Crippen LogP contribution is 2.45. The third-order valence-corrected chi connectivity index (χ3v) is 4.73. The minimum atomic E-state index is 0.492. The van der Waals surface area contributed by atoms with E-state index in [1.54, 1.807) is 12.7 Å². The lowest BCUT2D eigenvalue weighted by atomic mass is 9.66. The summed E-state index contributed by atoms with van der Waals surface area (Å²) >= 11 is 0. The molecule has 0 aliphatic heterocycles. The van der Waals surface area contributed by atoms with Crippen LogP contribution in [0, 0.1) is 5.41 Å². The van der Waals surface area contributed by atoms with E-state index in [1.807, 2.05) is 0 Å². The largest absolute Gasteiger partial charge is 0.383 e. The molecule has 0 unspecified atom stereocenters. The van der Waals surface area contributed by atoms with Crippen LogP contribution in [-0.2, 0) is 4.74 Å². The molecule has 2 rings (SSSR count).